The van der Waals surface area contributed by atoms with Crippen molar-refractivity contribution in [1.82, 2.24) is 4.31 Å². The zero-order chi connectivity index (χ0) is 17.7. The first-order valence-electron chi connectivity index (χ1n) is 8.07. The van der Waals surface area contributed by atoms with Gasteiger partial charge in [0.1, 0.15) is 11.5 Å². The summed E-state index contributed by atoms with van der Waals surface area (Å²) in [6.45, 7) is 4.15. The average Bonchev–Trinajstić information content (AvgIpc) is 2.59. The maximum Gasteiger partial charge on any atom is 0.214 e. The van der Waals surface area contributed by atoms with Crippen molar-refractivity contribution in [2.45, 2.75) is 19.8 Å². The Hall–Kier alpha value is -1.18. The molecule has 0 aliphatic carbocycles. The number of benzene rings is 1. The molecule has 1 aromatic carbocycles. The predicted molar refractivity (Wildman–Crippen MR) is 97.0 cm³/mol. The largest absolute Gasteiger partial charge is 0.495 e. The van der Waals surface area contributed by atoms with Crippen LogP contribution in [0.25, 0.3) is 0 Å². The van der Waals surface area contributed by atoms with Gasteiger partial charge in [-0.05, 0) is 6.42 Å². The summed E-state index contributed by atoms with van der Waals surface area (Å²) in [6, 6.07) is 3.56. The highest BCUT2D eigenvalue weighted by molar-refractivity contribution is 7.89. The Morgan fingerprint density at radius 1 is 1.08 bits per heavy atom. The molecule has 0 saturated carbocycles. The minimum absolute atomic E-state index is 0.224. The fraction of sp³-hybridized carbons (Fsp3) is 0.625. The van der Waals surface area contributed by atoms with Gasteiger partial charge < -0.3 is 14.4 Å². The van der Waals surface area contributed by atoms with Gasteiger partial charge in [0.25, 0.3) is 0 Å². The third kappa shape index (κ3) is 4.26. The molecular formula is C16H25ClN2O4S. The van der Waals surface area contributed by atoms with Gasteiger partial charge in [-0.2, -0.15) is 4.31 Å². The standard InChI is InChI=1S/C16H25ClN2O4S/c1-4-5-10-24(20,21)19-8-6-18(7-9-19)14-12-15(22-2)13(17)11-16(14)23-3/h11-12H,4-10H2,1-3H3. The summed E-state index contributed by atoms with van der Waals surface area (Å²) in [5.41, 5.74) is 0.865. The number of anilines is 1. The molecule has 0 amide bonds. The normalized spacial score (nSPS) is 16.2. The molecule has 1 aliphatic heterocycles. The van der Waals surface area contributed by atoms with E-state index in [1.165, 1.54) is 0 Å². The second-order valence-corrected chi connectivity index (χ2v) is 8.21. The molecule has 1 aliphatic rings. The monoisotopic (exact) mass is 376 g/mol. The van der Waals surface area contributed by atoms with E-state index in [-0.39, 0.29) is 5.75 Å². The summed E-state index contributed by atoms with van der Waals surface area (Å²) < 4.78 is 36.9. The van der Waals surface area contributed by atoms with Gasteiger partial charge in [0.2, 0.25) is 10.0 Å². The molecule has 1 aromatic rings. The van der Waals surface area contributed by atoms with Crippen molar-refractivity contribution in [3.05, 3.63) is 17.2 Å². The fourth-order valence-corrected chi connectivity index (χ4v) is 4.62. The summed E-state index contributed by atoms with van der Waals surface area (Å²) in [5.74, 6) is 1.45. The summed E-state index contributed by atoms with van der Waals surface area (Å²) in [6.07, 6.45) is 1.58. The van der Waals surface area contributed by atoms with Crippen LogP contribution in [0, 0.1) is 0 Å². The molecular weight excluding hydrogens is 352 g/mol. The SMILES string of the molecule is CCCCS(=O)(=O)N1CCN(c2cc(OC)c(Cl)cc2OC)CC1. The van der Waals surface area contributed by atoms with Crippen LogP contribution in [0.15, 0.2) is 12.1 Å². The highest BCUT2D eigenvalue weighted by atomic mass is 35.5. The van der Waals surface area contributed by atoms with Gasteiger partial charge in [0.15, 0.2) is 0 Å². The Balaban J connectivity index is 2.12. The first kappa shape index (κ1) is 19.1. The van der Waals surface area contributed by atoms with Gasteiger partial charge in [-0.3, -0.25) is 0 Å². The van der Waals surface area contributed by atoms with Gasteiger partial charge in [-0.1, -0.05) is 24.9 Å². The third-order valence-corrected chi connectivity index (χ3v) is 6.43. The van der Waals surface area contributed by atoms with Crippen molar-refractivity contribution >= 4 is 27.3 Å². The van der Waals surface area contributed by atoms with E-state index >= 15 is 0 Å². The highest BCUT2D eigenvalue weighted by Crippen LogP contribution is 2.38. The number of sulfonamides is 1. The van der Waals surface area contributed by atoms with Gasteiger partial charge in [0.05, 0.1) is 30.7 Å². The van der Waals surface area contributed by atoms with Crippen molar-refractivity contribution in [2.75, 3.05) is 51.1 Å². The van der Waals surface area contributed by atoms with E-state index in [1.54, 1.807) is 24.6 Å². The van der Waals surface area contributed by atoms with E-state index in [4.69, 9.17) is 21.1 Å². The quantitative estimate of drug-likeness (QED) is 0.732. The lowest BCUT2D eigenvalue weighted by Gasteiger charge is -2.36. The van der Waals surface area contributed by atoms with Crippen molar-refractivity contribution in [3.8, 4) is 11.5 Å². The zero-order valence-corrected chi connectivity index (χ0v) is 16.0. The molecule has 1 fully saturated rings. The Morgan fingerprint density at radius 2 is 1.71 bits per heavy atom. The van der Waals surface area contributed by atoms with Gasteiger partial charge >= 0.3 is 0 Å². The molecule has 0 aromatic heterocycles. The molecule has 0 bridgehead atoms. The Labute approximate surface area is 149 Å². The summed E-state index contributed by atoms with van der Waals surface area (Å²) >= 11 is 6.14. The maximum absolute atomic E-state index is 12.3. The van der Waals surface area contributed by atoms with Crippen LogP contribution in [-0.4, -0.2) is 58.9 Å². The molecule has 136 valence electrons. The number of ether oxygens (including phenoxy) is 2. The van der Waals surface area contributed by atoms with Crippen molar-refractivity contribution in [3.63, 3.8) is 0 Å². The molecule has 6 nitrogen and oxygen atoms in total. The van der Waals surface area contributed by atoms with Crippen LogP contribution in [-0.2, 0) is 10.0 Å². The van der Waals surface area contributed by atoms with Crippen molar-refractivity contribution in [1.29, 1.82) is 0 Å². The van der Waals surface area contributed by atoms with Crippen LogP contribution in [0.5, 0.6) is 11.5 Å². The topological polar surface area (TPSA) is 59.1 Å². The predicted octanol–water partition coefficient (Wildman–Crippen LogP) is 2.61. The van der Waals surface area contributed by atoms with Crippen LogP contribution in [0.4, 0.5) is 5.69 Å². The fourth-order valence-electron chi connectivity index (χ4n) is 2.75. The molecule has 0 spiro atoms. The van der Waals surface area contributed by atoms with Crippen LogP contribution in [0.3, 0.4) is 0 Å². The smallest absolute Gasteiger partial charge is 0.214 e. The molecule has 1 saturated heterocycles. The number of halogens is 1. The Bertz CT molecular complexity index is 658. The number of hydrogen-bond acceptors (Lipinski definition) is 5. The third-order valence-electron chi connectivity index (χ3n) is 4.18. The van der Waals surface area contributed by atoms with E-state index in [2.05, 4.69) is 4.90 Å². The Morgan fingerprint density at radius 3 is 2.25 bits per heavy atom. The number of rotatable bonds is 7. The average molecular weight is 377 g/mol. The number of hydrogen-bond donors (Lipinski definition) is 0. The lowest BCUT2D eigenvalue weighted by atomic mass is 10.2. The molecule has 24 heavy (non-hydrogen) atoms. The van der Waals surface area contributed by atoms with Crippen LogP contribution in [0.2, 0.25) is 5.02 Å². The molecule has 1 heterocycles. The van der Waals surface area contributed by atoms with Crippen LogP contribution in [0.1, 0.15) is 19.8 Å². The first-order valence-corrected chi connectivity index (χ1v) is 10.1. The second kappa shape index (κ2) is 8.27. The van der Waals surface area contributed by atoms with Crippen molar-refractivity contribution < 1.29 is 17.9 Å². The Kier molecular flexibility index (Phi) is 6.60. The molecule has 0 atom stereocenters. The highest BCUT2D eigenvalue weighted by Gasteiger charge is 2.28. The van der Waals surface area contributed by atoms with Crippen LogP contribution < -0.4 is 14.4 Å². The second-order valence-electron chi connectivity index (χ2n) is 5.71. The minimum atomic E-state index is -3.16. The number of piperazine rings is 1. The van der Waals surface area contributed by atoms with E-state index in [0.717, 1.165) is 12.1 Å². The lowest BCUT2D eigenvalue weighted by molar-refractivity contribution is 0.375. The van der Waals surface area contributed by atoms with Crippen LogP contribution >= 0.6 is 11.6 Å². The van der Waals surface area contributed by atoms with E-state index in [9.17, 15) is 8.42 Å². The van der Waals surface area contributed by atoms with Gasteiger partial charge in [0, 0.05) is 38.3 Å². The molecule has 2 rings (SSSR count). The molecule has 0 unspecified atom stereocenters. The number of methoxy groups -OCH3 is 2. The summed E-state index contributed by atoms with van der Waals surface area (Å²) in [5, 5.41) is 0.485. The van der Waals surface area contributed by atoms with E-state index in [1.807, 2.05) is 13.0 Å². The molecule has 8 heteroatoms. The first-order chi connectivity index (χ1) is 11.4. The molecule has 0 N–H and O–H groups in total. The molecule has 0 radical (unpaired) electrons. The summed E-state index contributed by atoms with van der Waals surface area (Å²) in [4.78, 5) is 2.10. The van der Waals surface area contributed by atoms with Gasteiger partial charge in [-0.15, -0.1) is 0 Å². The van der Waals surface area contributed by atoms with Gasteiger partial charge in [-0.25, -0.2) is 8.42 Å². The van der Waals surface area contributed by atoms with E-state index in [0.29, 0.717) is 49.1 Å². The van der Waals surface area contributed by atoms with Crippen molar-refractivity contribution in [2.24, 2.45) is 0 Å². The maximum atomic E-state index is 12.3. The number of unbranched alkanes of at least 4 members (excludes halogenated alkanes) is 1. The minimum Gasteiger partial charge on any atom is -0.495 e. The zero-order valence-electron chi connectivity index (χ0n) is 14.4. The lowest BCUT2D eigenvalue weighted by Crippen LogP contribution is -2.49. The number of nitrogens with zero attached hydrogens (tertiary/aromatic N) is 2. The summed E-state index contributed by atoms with van der Waals surface area (Å²) in [7, 11) is -0.00115. The van der Waals surface area contributed by atoms with E-state index < -0.39 is 10.0 Å².